The monoisotopic (exact) mass is 441 g/mol. The van der Waals surface area contributed by atoms with Crippen molar-refractivity contribution < 1.29 is 18.9 Å². The molecule has 0 saturated carbocycles. The molecule has 2 aromatic carbocycles. The molecule has 1 aliphatic rings. The lowest BCUT2D eigenvalue weighted by Gasteiger charge is -2.21. The molecule has 3 heterocycles. The topological polar surface area (TPSA) is 126 Å². The van der Waals surface area contributed by atoms with Crippen molar-refractivity contribution in [2.75, 3.05) is 5.32 Å². The van der Waals surface area contributed by atoms with Crippen molar-refractivity contribution in [1.29, 1.82) is 0 Å². The molecule has 33 heavy (non-hydrogen) atoms. The highest BCUT2D eigenvalue weighted by atomic mass is 16.5. The number of hydrogen-bond donors (Lipinski definition) is 3. The first-order chi connectivity index (χ1) is 15.8. The lowest BCUT2D eigenvalue weighted by molar-refractivity contribution is -0.123. The molecule has 1 fully saturated rings. The van der Waals surface area contributed by atoms with Crippen LogP contribution >= 0.6 is 0 Å². The van der Waals surface area contributed by atoms with Gasteiger partial charge < -0.3 is 15.2 Å². The molecular weight excluding hydrogens is 422 g/mol. The van der Waals surface area contributed by atoms with Crippen molar-refractivity contribution in [3.8, 4) is 11.3 Å². The van der Waals surface area contributed by atoms with Gasteiger partial charge in [-0.3, -0.25) is 14.9 Å². The van der Waals surface area contributed by atoms with E-state index in [-0.39, 0.29) is 11.6 Å². The number of carbonyl (C=O) groups excluding carboxylic acids is 3. The SMILES string of the molecule is Cc1noc2nc(-c3ccccc3)cc(C(=O)Nc3ccc([C@@]4(C)NC(=O)NC4=O)cc3)c12. The fourth-order valence-electron chi connectivity index (χ4n) is 3.86. The number of carbonyl (C=O) groups is 3. The summed E-state index contributed by atoms with van der Waals surface area (Å²) < 4.78 is 5.34. The second-order valence-corrected chi connectivity index (χ2v) is 7.93. The number of imide groups is 1. The zero-order valence-electron chi connectivity index (χ0n) is 17.8. The standard InChI is InChI=1S/C24H19N5O4/c1-13-19-17(12-18(26-21(19)33-29-13)14-6-4-3-5-7-14)20(30)25-16-10-8-15(9-11-16)24(2)22(31)27-23(32)28-24/h3-12H,1-2H3,(H,25,30)(H2,27,28,31,32)/t24-/m1/s1. The Kier molecular flexibility index (Phi) is 4.67. The molecule has 4 aromatic rings. The number of rotatable bonds is 4. The predicted octanol–water partition coefficient (Wildman–Crippen LogP) is 3.51. The van der Waals surface area contributed by atoms with Crippen LogP contribution in [0.3, 0.4) is 0 Å². The van der Waals surface area contributed by atoms with Gasteiger partial charge in [0.1, 0.15) is 5.54 Å². The van der Waals surface area contributed by atoms with Crippen molar-refractivity contribution in [2.45, 2.75) is 19.4 Å². The van der Waals surface area contributed by atoms with Gasteiger partial charge in [-0.1, -0.05) is 47.6 Å². The van der Waals surface area contributed by atoms with Crippen LogP contribution in [0.4, 0.5) is 10.5 Å². The van der Waals surface area contributed by atoms with Crippen LogP contribution in [0, 0.1) is 6.92 Å². The van der Waals surface area contributed by atoms with E-state index in [1.165, 1.54) is 0 Å². The average molecular weight is 441 g/mol. The molecule has 0 radical (unpaired) electrons. The summed E-state index contributed by atoms with van der Waals surface area (Å²) in [6.07, 6.45) is 0. The zero-order chi connectivity index (χ0) is 23.2. The summed E-state index contributed by atoms with van der Waals surface area (Å²) in [5, 5.41) is 12.2. The van der Waals surface area contributed by atoms with Gasteiger partial charge in [-0.25, -0.2) is 9.78 Å². The van der Waals surface area contributed by atoms with E-state index in [4.69, 9.17) is 4.52 Å². The van der Waals surface area contributed by atoms with Gasteiger partial charge in [0.25, 0.3) is 17.5 Å². The van der Waals surface area contributed by atoms with Crippen LogP contribution in [0.2, 0.25) is 0 Å². The zero-order valence-corrected chi connectivity index (χ0v) is 17.8. The minimum Gasteiger partial charge on any atom is -0.335 e. The number of nitrogens with zero attached hydrogens (tertiary/aromatic N) is 2. The highest BCUT2D eigenvalue weighted by molar-refractivity contribution is 6.13. The predicted molar refractivity (Wildman–Crippen MR) is 120 cm³/mol. The summed E-state index contributed by atoms with van der Waals surface area (Å²) in [6, 6.07) is 17.4. The third kappa shape index (κ3) is 3.49. The molecule has 1 saturated heterocycles. The number of benzene rings is 2. The van der Waals surface area contributed by atoms with Crippen LogP contribution in [0.5, 0.6) is 0 Å². The van der Waals surface area contributed by atoms with Gasteiger partial charge in [0.05, 0.1) is 22.3 Å². The summed E-state index contributed by atoms with van der Waals surface area (Å²) in [5.74, 6) is -0.781. The Hall–Kier alpha value is -4.53. The van der Waals surface area contributed by atoms with E-state index in [1.807, 2.05) is 30.3 Å². The average Bonchev–Trinajstić information content (AvgIpc) is 3.32. The molecule has 9 nitrogen and oxygen atoms in total. The van der Waals surface area contributed by atoms with Gasteiger partial charge >= 0.3 is 6.03 Å². The number of hydrogen-bond acceptors (Lipinski definition) is 6. The lowest BCUT2D eigenvalue weighted by Crippen LogP contribution is -2.40. The van der Waals surface area contributed by atoms with Gasteiger partial charge in [0.2, 0.25) is 0 Å². The van der Waals surface area contributed by atoms with Crippen LogP contribution in [-0.4, -0.2) is 28.0 Å². The summed E-state index contributed by atoms with van der Waals surface area (Å²) in [6.45, 7) is 3.37. The van der Waals surface area contributed by atoms with E-state index in [0.717, 1.165) is 5.56 Å². The number of aryl methyl sites for hydroxylation is 1. The molecule has 5 rings (SSSR count). The number of amides is 4. The quantitative estimate of drug-likeness (QED) is 0.416. The van der Waals surface area contributed by atoms with Crippen molar-refractivity contribution in [1.82, 2.24) is 20.8 Å². The first-order valence-electron chi connectivity index (χ1n) is 10.2. The van der Waals surface area contributed by atoms with Gasteiger partial charge in [-0.2, -0.15) is 0 Å². The summed E-state index contributed by atoms with van der Waals surface area (Å²) >= 11 is 0. The van der Waals surface area contributed by atoms with Crippen LogP contribution in [0.15, 0.2) is 65.2 Å². The molecule has 3 N–H and O–H groups in total. The number of urea groups is 1. The second kappa shape index (κ2) is 7.56. The van der Waals surface area contributed by atoms with Gasteiger partial charge in [0, 0.05) is 11.3 Å². The second-order valence-electron chi connectivity index (χ2n) is 7.93. The molecule has 0 spiro atoms. The van der Waals surface area contributed by atoms with E-state index in [9.17, 15) is 14.4 Å². The number of anilines is 1. The van der Waals surface area contributed by atoms with Crippen molar-refractivity contribution >= 4 is 34.6 Å². The van der Waals surface area contributed by atoms with E-state index >= 15 is 0 Å². The van der Waals surface area contributed by atoms with Crippen molar-refractivity contribution in [3.63, 3.8) is 0 Å². The first-order valence-corrected chi connectivity index (χ1v) is 10.2. The molecular formula is C24H19N5O4. The van der Waals surface area contributed by atoms with Crippen molar-refractivity contribution in [2.24, 2.45) is 0 Å². The van der Waals surface area contributed by atoms with E-state index in [2.05, 4.69) is 26.1 Å². The highest BCUT2D eigenvalue weighted by Crippen LogP contribution is 2.29. The fourth-order valence-corrected chi connectivity index (χ4v) is 3.86. The Balaban J connectivity index is 1.47. The minimum atomic E-state index is -1.17. The van der Waals surface area contributed by atoms with Gasteiger partial charge in [-0.05, 0) is 37.6 Å². The number of fused-ring (bicyclic) bond motifs is 1. The third-order valence-electron chi connectivity index (χ3n) is 5.70. The maximum atomic E-state index is 13.2. The van der Waals surface area contributed by atoms with Crippen LogP contribution < -0.4 is 16.0 Å². The first kappa shape index (κ1) is 20.4. The van der Waals surface area contributed by atoms with E-state index in [1.54, 1.807) is 44.2 Å². The van der Waals surface area contributed by atoms with Gasteiger partial charge in [-0.15, -0.1) is 0 Å². The maximum absolute atomic E-state index is 13.2. The van der Waals surface area contributed by atoms with Gasteiger partial charge in [0.15, 0.2) is 0 Å². The summed E-state index contributed by atoms with van der Waals surface area (Å²) in [7, 11) is 0. The highest BCUT2D eigenvalue weighted by Gasteiger charge is 2.43. The number of pyridine rings is 1. The molecule has 164 valence electrons. The Bertz CT molecular complexity index is 1410. The fraction of sp³-hybridized carbons (Fsp3) is 0.125. The van der Waals surface area contributed by atoms with E-state index < -0.39 is 17.5 Å². The Morgan fingerprint density at radius 2 is 1.79 bits per heavy atom. The minimum absolute atomic E-state index is 0.283. The molecule has 0 bridgehead atoms. The maximum Gasteiger partial charge on any atom is 0.322 e. The third-order valence-corrected chi connectivity index (χ3v) is 5.70. The summed E-state index contributed by atoms with van der Waals surface area (Å²) in [5.41, 5.74) is 2.62. The molecule has 1 atom stereocenters. The molecule has 0 unspecified atom stereocenters. The normalized spacial score (nSPS) is 17.6. The van der Waals surface area contributed by atoms with Crippen molar-refractivity contribution in [3.05, 3.63) is 77.5 Å². The van der Waals surface area contributed by atoms with Crippen LogP contribution in [0.25, 0.3) is 22.4 Å². The Morgan fingerprint density at radius 1 is 1.06 bits per heavy atom. The Morgan fingerprint density at radius 3 is 2.45 bits per heavy atom. The molecule has 0 aliphatic carbocycles. The molecule has 4 amide bonds. The largest absolute Gasteiger partial charge is 0.335 e. The smallest absolute Gasteiger partial charge is 0.322 e. The van der Waals surface area contributed by atoms with Crippen LogP contribution in [0.1, 0.15) is 28.5 Å². The van der Waals surface area contributed by atoms with Crippen LogP contribution in [-0.2, 0) is 10.3 Å². The molecule has 2 aromatic heterocycles. The Labute approximate surface area is 188 Å². The lowest BCUT2D eigenvalue weighted by atomic mass is 9.92. The summed E-state index contributed by atoms with van der Waals surface area (Å²) in [4.78, 5) is 41.4. The number of nitrogens with one attached hydrogen (secondary N) is 3. The molecule has 1 aliphatic heterocycles. The number of aromatic nitrogens is 2. The molecule has 9 heteroatoms. The van der Waals surface area contributed by atoms with E-state index in [0.29, 0.717) is 33.6 Å².